The number of hydrogen-bond acceptors (Lipinski definition) is 4. The van der Waals surface area contributed by atoms with Crippen molar-refractivity contribution in [3.05, 3.63) is 28.6 Å². The molecule has 0 saturated carbocycles. The van der Waals surface area contributed by atoms with Gasteiger partial charge in [0.05, 0.1) is 17.5 Å². The highest BCUT2D eigenvalue weighted by Crippen LogP contribution is 2.36. The van der Waals surface area contributed by atoms with Gasteiger partial charge in [-0.25, -0.2) is 0 Å². The smallest absolute Gasteiger partial charge is 0.297 e. The molecule has 5 heteroatoms. The van der Waals surface area contributed by atoms with Crippen LogP contribution in [0.25, 0.3) is 10.9 Å². The van der Waals surface area contributed by atoms with E-state index >= 15 is 0 Å². The van der Waals surface area contributed by atoms with Crippen LogP contribution in [0.15, 0.2) is 23.0 Å². The molecule has 0 bridgehead atoms. The van der Waals surface area contributed by atoms with E-state index < -0.39 is 5.56 Å². The molecule has 5 nitrogen and oxygen atoms in total. The summed E-state index contributed by atoms with van der Waals surface area (Å²) in [7, 11) is 0. The normalized spacial score (nSPS) is 10.8. The molecule has 0 fully saturated rings. The summed E-state index contributed by atoms with van der Waals surface area (Å²) in [6, 6.07) is 4.76. The molecule has 1 aromatic heterocycles. The minimum atomic E-state index is -0.394. The standard InChI is InChI=1S/C13H15NO4/c1-3-14-8-6-5-7-9(15)10(8)11(16)12(13(14)17)18-4-2/h5-7,15-16H,3-4H2,1-2H3. The van der Waals surface area contributed by atoms with Gasteiger partial charge in [0.2, 0.25) is 5.75 Å². The molecular weight excluding hydrogens is 234 g/mol. The van der Waals surface area contributed by atoms with Gasteiger partial charge in [-0.15, -0.1) is 0 Å². The predicted octanol–water partition coefficient (Wildman–Crippen LogP) is 1.83. The summed E-state index contributed by atoms with van der Waals surface area (Å²) in [5.74, 6) is -0.499. The Labute approximate surface area is 104 Å². The number of ether oxygens (including phenoxy) is 1. The number of fused-ring (bicyclic) bond motifs is 1. The van der Waals surface area contributed by atoms with Gasteiger partial charge >= 0.3 is 0 Å². The Bertz CT molecular complexity index is 645. The topological polar surface area (TPSA) is 71.7 Å². The van der Waals surface area contributed by atoms with Gasteiger partial charge < -0.3 is 19.5 Å². The molecular formula is C13H15NO4. The first-order valence-corrected chi connectivity index (χ1v) is 5.82. The van der Waals surface area contributed by atoms with Crippen LogP contribution in [-0.2, 0) is 6.54 Å². The highest BCUT2D eigenvalue weighted by molar-refractivity contribution is 5.92. The lowest BCUT2D eigenvalue weighted by Crippen LogP contribution is -2.22. The van der Waals surface area contributed by atoms with Gasteiger partial charge in [-0.1, -0.05) is 6.07 Å². The summed E-state index contributed by atoms with van der Waals surface area (Å²) >= 11 is 0. The second-order valence-electron chi connectivity index (χ2n) is 3.83. The van der Waals surface area contributed by atoms with Crippen molar-refractivity contribution in [3.8, 4) is 17.2 Å². The van der Waals surface area contributed by atoms with Crippen molar-refractivity contribution in [1.82, 2.24) is 4.57 Å². The molecule has 0 atom stereocenters. The number of benzene rings is 1. The van der Waals surface area contributed by atoms with Crippen molar-refractivity contribution in [3.63, 3.8) is 0 Å². The highest BCUT2D eigenvalue weighted by Gasteiger charge is 2.18. The molecule has 0 unspecified atom stereocenters. The molecule has 2 aromatic rings. The minimum Gasteiger partial charge on any atom is -0.507 e. The molecule has 1 aromatic carbocycles. The second kappa shape index (κ2) is 4.60. The molecule has 0 aliphatic heterocycles. The Kier molecular flexibility index (Phi) is 3.14. The third kappa shape index (κ3) is 1.68. The van der Waals surface area contributed by atoms with E-state index in [4.69, 9.17) is 4.74 Å². The maximum Gasteiger partial charge on any atom is 0.297 e. The Morgan fingerprint density at radius 1 is 1.28 bits per heavy atom. The van der Waals surface area contributed by atoms with E-state index in [0.717, 1.165) is 0 Å². The molecule has 18 heavy (non-hydrogen) atoms. The van der Waals surface area contributed by atoms with Crippen LogP contribution in [0.2, 0.25) is 0 Å². The lowest BCUT2D eigenvalue weighted by Gasteiger charge is -2.14. The molecule has 0 radical (unpaired) electrons. The number of aromatic hydroxyl groups is 2. The number of aryl methyl sites for hydroxylation is 1. The van der Waals surface area contributed by atoms with Crippen LogP contribution in [0.4, 0.5) is 0 Å². The third-order valence-corrected chi connectivity index (χ3v) is 2.81. The summed E-state index contributed by atoms with van der Waals surface area (Å²) in [5, 5.41) is 20.1. The average Bonchev–Trinajstić information content (AvgIpc) is 2.35. The largest absolute Gasteiger partial charge is 0.507 e. The van der Waals surface area contributed by atoms with Crippen LogP contribution in [0.3, 0.4) is 0 Å². The molecule has 0 saturated heterocycles. The van der Waals surface area contributed by atoms with Crippen LogP contribution in [0, 0.1) is 0 Å². The molecule has 0 amide bonds. The number of nitrogens with zero attached hydrogens (tertiary/aromatic N) is 1. The summed E-state index contributed by atoms with van der Waals surface area (Å²) in [6.45, 7) is 4.24. The van der Waals surface area contributed by atoms with Gasteiger partial charge in [-0.2, -0.15) is 0 Å². The van der Waals surface area contributed by atoms with Gasteiger partial charge in [0.1, 0.15) is 5.75 Å². The first-order chi connectivity index (χ1) is 8.61. The maximum atomic E-state index is 12.1. The van der Waals surface area contributed by atoms with Gasteiger partial charge in [-0.05, 0) is 26.0 Å². The van der Waals surface area contributed by atoms with Gasteiger partial charge in [-0.3, -0.25) is 4.79 Å². The van der Waals surface area contributed by atoms with Crippen LogP contribution in [-0.4, -0.2) is 21.4 Å². The highest BCUT2D eigenvalue weighted by atomic mass is 16.5. The van der Waals surface area contributed by atoms with E-state index in [1.54, 1.807) is 19.1 Å². The SMILES string of the molecule is CCOc1c(O)c2c(O)cccc2n(CC)c1=O. The van der Waals surface area contributed by atoms with Gasteiger partial charge in [0.25, 0.3) is 5.56 Å². The van der Waals surface area contributed by atoms with Crippen molar-refractivity contribution in [1.29, 1.82) is 0 Å². The monoisotopic (exact) mass is 249 g/mol. The molecule has 2 rings (SSSR count). The minimum absolute atomic E-state index is 0.0758. The number of hydrogen-bond donors (Lipinski definition) is 2. The van der Waals surface area contributed by atoms with Crippen LogP contribution in [0.5, 0.6) is 17.2 Å². The third-order valence-electron chi connectivity index (χ3n) is 2.81. The fourth-order valence-corrected chi connectivity index (χ4v) is 2.03. The summed E-state index contributed by atoms with van der Waals surface area (Å²) < 4.78 is 6.64. The lowest BCUT2D eigenvalue weighted by atomic mass is 10.1. The van der Waals surface area contributed by atoms with Crippen LogP contribution >= 0.6 is 0 Å². The van der Waals surface area contributed by atoms with Gasteiger partial charge in [0, 0.05) is 6.54 Å². The summed E-state index contributed by atoms with van der Waals surface area (Å²) in [6.07, 6.45) is 0. The maximum absolute atomic E-state index is 12.1. The van der Waals surface area contributed by atoms with Crippen LogP contribution < -0.4 is 10.3 Å². The zero-order chi connectivity index (χ0) is 13.3. The number of phenols is 1. The number of phenolic OH excluding ortho intramolecular Hbond substituents is 1. The van der Waals surface area contributed by atoms with E-state index in [1.807, 2.05) is 6.92 Å². The molecule has 1 heterocycles. The van der Waals surface area contributed by atoms with E-state index in [9.17, 15) is 15.0 Å². The number of pyridine rings is 1. The molecule has 96 valence electrons. The van der Waals surface area contributed by atoms with Crippen molar-refractivity contribution in [2.24, 2.45) is 0 Å². The number of rotatable bonds is 3. The van der Waals surface area contributed by atoms with Crippen molar-refractivity contribution >= 4 is 10.9 Å². The average molecular weight is 249 g/mol. The lowest BCUT2D eigenvalue weighted by molar-refractivity contribution is 0.312. The predicted molar refractivity (Wildman–Crippen MR) is 68.4 cm³/mol. The number of aromatic nitrogens is 1. The summed E-state index contributed by atoms with van der Waals surface area (Å²) in [5.41, 5.74) is 0.0957. The van der Waals surface area contributed by atoms with Crippen molar-refractivity contribution in [2.75, 3.05) is 6.61 Å². The Morgan fingerprint density at radius 3 is 2.61 bits per heavy atom. The van der Waals surface area contributed by atoms with E-state index in [2.05, 4.69) is 0 Å². The van der Waals surface area contributed by atoms with Crippen molar-refractivity contribution < 1.29 is 14.9 Å². The first kappa shape index (κ1) is 12.3. The quantitative estimate of drug-likeness (QED) is 0.870. The first-order valence-electron chi connectivity index (χ1n) is 5.82. The molecule has 0 spiro atoms. The Hall–Kier alpha value is -2.17. The molecule has 0 aliphatic rings. The fourth-order valence-electron chi connectivity index (χ4n) is 2.03. The zero-order valence-electron chi connectivity index (χ0n) is 10.3. The Morgan fingerprint density at radius 2 is 2.00 bits per heavy atom. The molecule has 2 N–H and O–H groups in total. The van der Waals surface area contributed by atoms with E-state index in [-0.39, 0.29) is 29.2 Å². The molecule has 0 aliphatic carbocycles. The fraction of sp³-hybridized carbons (Fsp3) is 0.308. The Balaban J connectivity index is 2.97. The van der Waals surface area contributed by atoms with Crippen molar-refractivity contribution in [2.45, 2.75) is 20.4 Å². The summed E-state index contributed by atoms with van der Waals surface area (Å²) in [4.78, 5) is 12.1. The van der Waals surface area contributed by atoms with E-state index in [1.165, 1.54) is 10.6 Å². The van der Waals surface area contributed by atoms with E-state index in [0.29, 0.717) is 12.1 Å². The van der Waals surface area contributed by atoms with Crippen LogP contribution in [0.1, 0.15) is 13.8 Å². The second-order valence-corrected chi connectivity index (χ2v) is 3.83. The van der Waals surface area contributed by atoms with Gasteiger partial charge in [0.15, 0.2) is 5.75 Å². The zero-order valence-corrected chi connectivity index (χ0v) is 10.3.